The molecule has 26 heavy (non-hydrogen) atoms. The van der Waals surface area contributed by atoms with Gasteiger partial charge in [-0.15, -0.1) is 0 Å². The van der Waals surface area contributed by atoms with Crippen molar-refractivity contribution < 1.29 is 14.1 Å². The van der Waals surface area contributed by atoms with Crippen LogP contribution in [0.3, 0.4) is 0 Å². The van der Waals surface area contributed by atoms with Crippen LogP contribution in [0, 0.1) is 12.8 Å². The van der Waals surface area contributed by atoms with Crippen molar-refractivity contribution in [1.82, 2.24) is 20.0 Å². The molecule has 138 valence electrons. The van der Waals surface area contributed by atoms with Crippen LogP contribution in [0.4, 0.5) is 11.8 Å². The molecular formula is C17H22N6O3. The first-order valence-electron chi connectivity index (χ1n) is 8.53. The molecule has 1 saturated heterocycles. The third-order valence-electron chi connectivity index (χ3n) is 4.26. The standard InChI is InChI=1S/C17H22N6O3/c1-12-9-14(21-26-12)20-15(24)11-22(2)16(25)13-5-3-8-23(10-13)17-18-6-4-7-19-17/h4,6-7,9,13H,3,5,8,10-11H2,1-2H3,(H,20,21,24). The zero-order valence-electron chi connectivity index (χ0n) is 14.9. The number of likely N-dealkylation sites (N-methyl/N-ethyl adjacent to an activating group) is 1. The van der Waals surface area contributed by atoms with Crippen LogP contribution in [0.5, 0.6) is 0 Å². The molecule has 0 aliphatic carbocycles. The number of amides is 2. The van der Waals surface area contributed by atoms with Crippen LogP contribution in [-0.4, -0.2) is 58.5 Å². The van der Waals surface area contributed by atoms with Crippen molar-refractivity contribution in [2.45, 2.75) is 19.8 Å². The Morgan fingerprint density at radius 2 is 2.15 bits per heavy atom. The maximum atomic E-state index is 12.7. The molecule has 1 aliphatic rings. The molecule has 1 aliphatic heterocycles. The fraction of sp³-hybridized carbons (Fsp3) is 0.471. The average Bonchev–Trinajstić information content (AvgIpc) is 3.06. The fourth-order valence-corrected chi connectivity index (χ4v) is 3.03. The molecule has 9 heteroatoms. The van der Waals surface area contributed by atoms with Crippen LogP contribution in [-0.2, 0) is 9.59 Å². The van der Waals surface area contributed by atoms with Gasteiger partial charge in [-0.3, -0.25) is 9.59 Å². The highest BCUT2D eigenvalue weighted by Crippen LogP contribution is 2.21. The number of rotatable bonds is 5. The third kappa shape index (κ3) is 4.35. The van der Waals surface area contributed by atoms with Gasteiger partial charge in [-0.25, -0.2) is 9.97 Å². The molecule has 0 spiro atoms. The van der Waals surface area contributed by atoms with Gasteiger partial charge in [-0.2, -0.15) is 0 Å². The van der Waals surface area contributed by atoms with Crippen molar-refractivity contribution in [3.05, 3.63) is 30.3 Å². The molecule has 9 nitrogen and oxygen atoms in total. The largest absolute Gasteiger partial charge is 0.360 e. The van der Waals surface area contributed by atoms with Crippen molar-refractivity contribution in [1.29, 1.82) is 0 Å². The number of nitrogens with zero attached hydrogens (tertiary/aromatic N) is 5. The van der Waals surface area contributed by atoms with E-state index in [9.17, 15) is 9.59 Å². The lowest BCUT2D eigenvalue weighted by molar-refractivity contribution is -0.137. The Bertz CT molecular complexity index is 763. The summed E-state index contributed by atoms with van der Waals surface area (Å²) >= 11 is 0. The number of aromatic nitrogens is 3. The van der Waals surface area contributed by atoms with E-state index in [0.29, 0.717) is 24.1 Å². The van der Waals surface area contributed by atoms with Gasteiger partial charge in [-0.05, 0) is 25.8 Å². The first-order valence-corrected chi connectivity index (χ1v) is 8.53. The molecule has 1 N–H and O–H groups in total. The van der Waals surface area contributed by atoms with Crippen LogP contribution >= 0.6 is 0 Å². The number of nitrogens with one attached hydrogen (secondary N) is 1. The Kier molecular flexibility index (Phi) is 5.45. The maximum absolute atomic E-state index is 12.7. The van der Waals surface area contributed by atoms with Gasteiger partial charge >= 0.3 is 0 Å². The Balaban J connectivity index is 1.54. The second-order valence-electron chi connectivity index (χ2n) is 6.40. The van der Waals surface area contributed by atoms with Crippen LogP contribution < -0.4 is 10.2 Å². The Hall–Kier alpha value is -2.97. The predicted molar refractivity (Wildman–Crippen MR) is 94.5 cm³/mol. The van der Waals surface area contributed by atoms with Gasteiger partial charge in [0.1, 0.15) is 5.76 Å². The Morgan fingerprint density at radius 3 is 2.85 bits per heavy atom. The SMILES string of the molecule is Cc1cc(NC(=O)CN(C)C(=O)C2CCCN(c3ncccn3)C2)no1. The molecule has 0 aromatic carbocycles. The molecule has 2 amide bonds. The van der Waals surface area contributed by atoms with Crippen LogP contribution in [0.25, 0.3) is 0 Å². The summed E-state index contributed by atoms with van der Waals surface area (Å²) < 4.78 is 4.90. The number of anilines is 2. The lowest BCUT2D eigenvalue weighted by Gasteiger charge is -2.33. The predicted octanol–water partition coefficient (Wildman–Crippen LogP) is 1.09. The van der Waals surface area contributed by atoms with E-state index in [1.807, 2.05) is 4.90 Å². The van der Waals surface area contributed by atoms with Gasteiger partial charge in [0.15, 0.2) is 5.82 Å². The Labute approximate surface area is 151 Å². The molecule has 2 aromatic rings. The summed E-state index contributed by atoms with van der Waals surface area (Å²) in [6.45, 7) is 3.08. The first-order chi connectivity index (χ1) is 12.5. The molecule has 1 unspecified atom stereocenters. The molecule has 2 aromatic heterocycles. The summed E-state index contributed by atoms with van der Waals surface area (Å²) in [4.78, 5) is 36.8. The molecular weight excluding hydrogens is 336 g/mol. The van der Waals surface area contributed by atoms with E-state index < -0.39 is 0 Å². The highest BCUT2D eigenvalue weighted by Gasteiger charge is 2.29. The minimum atomic E-state index is -0.312. The second kappa shape index (κ2) is 7.94. The summed E-state index contributed by atoms with van der Waals surface area (Å²) in [5.41, 5.74) is 0. The van der Waals surface area contributed by atoms with Gasteiger partial charge in [0, 0.05) is 38.6 Å². The summed E-state index contributed by atoms with van der Waals surface area (Å²) in [5, 5.41) is 6.33. The fourth-order valence-electron chi connectivity index (χ4n) is 3.03. The zero-order valence-corrected chi connectivity index (χ0v) is 14.9. The number of hydrogen-bond acceptors (Lipinski definition) is 7. The van der Waals surface area contributed by atoms with Crippen molar-refractivity contribution in [2.75, 3.05) is 36.9 Å². The van der Waals surface area contributed by atoms with Gasteiger partial charge in [0.25, 0.3) is 0 Å². The van der Waals surface area contributed by atoms with Crippen LogP contribution in [0.1, 0.15) is 18.6 Å². The summed E-state index contributed by atoms with van der Waals surface area (Å²) in [5.74, 6) is 1.03. The smallest absolute Gasteiger partial charge is 0.245 e. The van der Waals surface area contributed by atoms with Crippen LogP contribution in [0.15, 0.2) is 29.0 Å². The molecule has 3 rings (SSSR count). The monoisotopic (exact) mass is 358 g/mol. The van der Waals surface area contributed by atoms with Gasteiger partial charge < -0.3 is 19.6 Å². The number of piperidine rings is 1. The molecule has 0 bridgehead atoms. The van der Waals surface area contributed by atoms with Crippen molar-refractivity contribution in [2.24, 2.45) is 5.92 Å². The van der Waals surface area contributed by atoms with Crippen molar-refractivity contribution in [3.63, 3.8) is 0 Å². The molecule has 0 saturated carbocycles. The molecule has 0 radical (unpaired) electrons. The van der Waals surface area contributed by atoms with Gasteiger partial charge in [0.2, 0.25) is 17.8 Å². The number of carbonyl (C=O) groups is 2. The minimum Gasteiger partial charge on any atom is -0.360 e. The number of carbonyl (C=O) groups excluding carboxylic acids is 2. The van der Waals surface area contributed by atoms with E-state index >= 15 is 0 Å². The summed E-state index contributed by atoms with van der Waals surface area (Å²) in [6, 6.07) is 3.39. The van der Waals surface area contributed by atoms with E-state index in [1.54, 1.807) is 38.5 Å². The van der Waals surface area contributed by atoms with Crippen LogP contribution in [0.2, 0.25) is 0 Å². The highest BCUT2D eigenvalue weighted by atomic mass is 16.5. The normalized spacial score (nSPS) is 17.0. The second-order valence-corrected chi connectivity index (χ2v) is 6.40. The minimum absolute atomic E-state index is 0.0386. The van der Waals surface area contributed by atoms with E-state index in [0.717, 1.165) is 19.4 Å². The molecule has 1 atom stereocenters. The first kappa shape index (κ1) is 17.8. The summed E-state index contributed by atoms with van der Waals surface area (Å²) in [6.07, 6.45) is 5.05. The average molecular weight is 358 g/mol. The molecule has 3 heterocycles. The lowest BCUT2D eigenvalue weighted by atomic mass is 9.97. The quantitative estimate of drug-likeness (QED) is 0.853. The summed E-state index contributed by atoms with van der Waals surface area (Å²) in [7, 11) is 1.63. The third-order valence-corrected chi connectivity index (χ3v) is 4.26. The maximum Gasteiger partial charge on any atom is 0.245 e. The van der Waals surface area contributed by atoms with Gasteiger partial charge in [-0.1, -0.05) is 5.16 Å². The lowest BCUT2D eigenvalue weighted by Crippen LogP contribution is -2.46. The topological polar surface area (TPSA) is 104 Å². The van der Waals surface area contributed by atoms with Crippen molar-refractivity contribution in [3.8, 4) is 0 Å². The zero-order chi connectivity index (χ0) is 18.5. The van der Waals surface area contributed by atoms with Crippen molar-refractivity contribution >= 4 is 23.6 Å². The van der Waals surface area contributed by atoms with E-state index in [-0.39, 0.29) is 24.3 Å². The van der Waals surface area contributed by atoms with E-state index in [2.05, 4.69) is 20.4 Å². The van der Waals surface area contributed by atoms with Gasteiger partial charge in [0.05, 0.1) is 12.5 Å². The van der Waals surface area contributed by atoms with E-state index in [1.165, 1.54) is 4.90 Å². The highest BCUT2D eigenvalue weighted by molar-refractivity contribution is 5.94. The Morgan fingerprint density at radius 1 is 1.38 bits per heavy atom. The number of hydrogen-bond donors (Lipinski definition) is 1. The molecule has 1 fully saturated rings. The number of aryl methyl sites for hydroxylation is 1. The van der Waals surface area contributed by atoms with E-state index in [4.69, 9.17) is 4.52 Å².